The van der Waals surface area contributed by atoms with Crippen molar-refractivity contribution in [2.75, 3.05) is 17.2 Å². The maximum Gasteiger partial charge on any atom is 0.413 e. The summed E-state index contributed by atoms with van der Waals surface area (Å²) in [6.07, 6.45) is 0.351. The van der Waals surface area contributed by atoms with E-state index in [4.69, 9.17) is 11.6 Å². The van der Waals surface area contributed by atoms with Gasteiger partial charge in [-0.05, 0) is 56.7 Å². The minimum atomic E-state index is -4.40. The Morgan fingerprint density at radius 2 is 2.00 bits per heavy atom. The summed E-state index contributed by atoms with van der Waals surface area (Å²) in [6.45, 7) is 16.6. The molecule has 0 unspecified atom stereocenters. The van der Waals surface area contributed by atoms with Crippen molar-refractivity contribution in [3.63, 3.8) is 0 Å². The molecule has 1 fully saturated rings. The molecular weight excluding hydrogens is 565 g/mol. The highest BCUT2D eigenvalue weighted by molar-refractivity contribution is 6.35. The number of allylic oxidation sites excluding steroid dienone is 2. The molecule has 1 atom stereocenters. The molecule has 42 heavy (non-hydrogen) atoms. The molecule has 4 N–H and O–H groups in total. The van der Waals surface area contributed by atoms with Gasteiger partial charge >= 0.3 is 6.18 Å². The molecule has 2 aliphatic rings. The average Bonchev–Trinajstić information content (AvgIpc) is 3.60. The Balaban J connectivity index is 1.78. The first-order valence-corrected chi connectivity index (χ1v) is 14.0. The number of halogens is 4. The fraction of sp³-hybridized carbons (Fsp3) is 0.433. The van der Waals surface area contributed by atoms with Crippen LogP contribution in [0.3, 0.4) is 0 Å². The Morgan fingerprint density at radius 3 is 2.57 bits per heavy atom. The fourth-order valence-corrected chi connectivity index (χ4v) is 4.85. The van der Waals surface area contributed by atoms with Crippen molar-refractivity contribution in [3.05, 3.63) is 64.7 Å². The van der Waals surface area contributed by atoms with Crippen LogP contribution in [0.1, 0.15) is 59.9 Å². The molecule has 1 aromatic heterocycles. The van der Waals surface area contributed by atoms with Gasteiger partial charge in [-0.15, -0.1) is 5.53 Å². The molecule has 0 radical (unpaired) electrons. The van der Waals surface area contributed by atoms with Crippen LogP contribution >= 0.6 is 11.6 Å². The zero-order valence-corrected chi connectivity index (χ0v) is 25.3. The number of anilines is 2. The monoisotopic (exact) mass is 600 g/mol. The third kappa shape index (κ3) is 6.35. The lowest BCUT2D eigenvalue weighted by atomic mass is 9.96. The fourth-order valence-electron chi connectivity index (χ4n) is 4.59. The average molecular weight is 601 g/mol. The van der Waals surface area contributed by atoms with Crippen LogP contribution in [-0.4, -0.2) is 40.0 Å². The predicted octanol–water partition coefficient (Wildman–Crippen LogP) is 7.20. The Labute approximate surface area is 249 Å². The predicted molar refractivity (Wildman–Crippen MR) is 163 cm³/mol. The van der Waals surface area contributed by atoms with Crippen LogP contribution in [0, 0.1) is 16.7 Å². The highest BCUT2D eigenvalue weighted by Gasteiger charge is 2.67. The van der Waals surface area contributed by atoms with Gasteiger partial charge in [-0.25, -0.2) is 0 Å². The summed E-state index contributed by atoms with van der Waals surface area (Å²) in [7, 11) is 0. The number of nitriles is 1. The van der Waals surface area contributed by atoms with Crippen molar-refractivity contribution in [2.45, 2.75) is 72.1 Å². The summed E-state index contributed by atoms with van der Waals surface area (Å²) < 4.78 is 41.6. The summed E-state index contributed by atoms with van der Waals surface area (Å²) in [5, 5.41) is 18.6. The Bertz CT molecular complexity index is 1520. The molecule has 1 saturated carbocycles. The number of nitrogens with one attached hydrogen (secondary N) is 4. The van der Waals surface area contributed by atoms with E-state index in [-0.39, 0.29) is 18.3 Å². The lowest BCUT2D eigenvalue weighted by molar-refractivity contribution is -0.195. The van der Waals surface area contributed by atoms with Crippen LogP contribution < -0.4 is 21.6 Å². The first-order chi connectivity index (χ1) is 19.6. The summed E-state index contributed by atoms with van der Waals surface area (Å²) in [5.41, 5.74) is 7.95. The van der Waals surface area contributed by atoms with Crippen molar-refractivity contribution < 1.29 is 13.2 Å². The largest absolute Gasteiger partial charge is 0.413 e. The SMILES string of the molecule is C=C(C(C)=N/C(C)=C\C)[C@H](Nc1cc(Cl)c2ncc(C#N)c(NCC(C)(C)C)c2c1)C1=CN(C2(C(F)(F)F)CC2)NN1. The molecule has 1 aromatic carbocycles. The van der Waals surface area contributed by atoms with Gasteiger partial charge in [0.25, 0.3) is 0 Å². The molecule has 224 valence electrons. The van der Waals surface area contributed by atoms with Gasteiger partial charge in [-0.3, -0.25) is 15.0 Å². The molecule has 8 nitrogen and oxygen atoms in total. The molecule has 0 amide bonds. The normalized spacial score (nSPS) is 17.8. The van der Waals surface area contributed by atoms with Crippen LogP contribution in [0.4, 0.5) is 24.5 Å². The van der Waals surface area contributed by atoms with E-state index >= 15 is 0 Å². The smallest absolute Gasteiger partial charge is 0.383 e. The highest BCUT2D eigenvalue weighted by atomic mass is 35.5. The van der Waals surface area contributed by atoms with Gasteiger partial charge in [0.15, 0.2) is 5.54 Å². The molecule has 1 aliphatic heterocycles. The molecule has 12 heteroatoms. The number of fused-ring (bicyclic) bond motifs is 1. The molecule has 1 aliphatic carbocycles. The van der Waals surface area contributed by atoms with E-state index in [0.717, 1.165) is 10.7 Å². The van der Waals surface area contributed by atoms with Gasteiger partial charge in [0.05, 0.1) is 33.5 Å². The zero-order valence-electron chi connectivity index (χ0n) is 24.6. The van der Waals surface area contributed by atoms with Crippen LogP contribution in [0.2, 0.25) is 5.02 Å². The molecule has 2 aromatic rings. The molecule has 0 spiro atoms. The third-order valence-corrected chi connectivity index (χ3v) is 7.63. The van der Waals surface area contributed by atoms with E-state index in [0.29, 0.717) is 56.4 Å². The Morgan fingerprint density at radius 1 is 1.31 bits per heavy atom. The van der Waals surface area contributed by atoms with Crippen molar-refractivity contribution in [1.82, 2.24) is 21.0 Å². The van der Waals surface area contributed by atoms with Crippen molar-refractivity contribution in [3.8, 4) is 6.07 Å². The number of hydrogen-bond acceptors (Lipinski definition) is 8. The number of aromatic nitrogens is 1. The lowest BCUT2D eigenvalue weighted by Crippen LogP contribution is -2.52. The molecule has 2 heterocycles. The minimum absolute atomic E-state index is 0.00612. The quantitative estimate of drug-likeness (QED) is 0.226. The second-order valence-corrected chi connectivity index (χ2v) is 12.3. The summed E-state index contributed by atoms with van der Waals surface area (Å²) >= 11 is 6.69. The second-order valence-electron chi connectivity index (χ2n) is 11.9. The standard InChI is InChI=1S/C30H36ClF3N8/c1-8-17(2)38-19(4)18(3)25(24-15-42(41-40-24)29(9-10-29)30(32,33)34)39-21-11-22-26(37-16-28(5,6)7)20(13-35)14-36-27(22)23(31)12-21/h8,11-12,14-15,25,39-41H,3,9-10,16H2,1-2,4-7H3,(H,36,37)/b17-8-,38-19?/t25-/m0/s1. The Hall–Kier alpha value is -3.75. The van der Waals surface area contributed by atoms with Crippen LogP contribution in [0.25, 0.3) is 10.9 Å². The number of hydrogen-bond donors (Lipinski definition) is 4. The van der Waals surface area contributed by atoms with Gasteiger partial charge in [-0.1, -0.05) is 45.0 Å². The van der Waals surface area contributed by atoms with E-state index in [1.807, 2.05) is 26.0 Å². The minimum Gasteiger partial charge on any atom is -0.383 e. The van der Waals surface area contributed by atoms with Crippen molar-refractivity contribution >= 4 is 39.6 Å². The zero-order chi connectivity index (χ0) is 31.0. The van der Waals surface area contributed by atoms with Crippen LogP contribution in [-0.2, 0) is 0 Å². The lowest BCUT2D eigenvalue weighted by Gasteiger charge is -2.28. The number of rotatable bonds is 9. The molecule has 0 bridgehead atoms. The van der Waals surface area contributed by atoms with Gasteiger partial charge in [0, 0.05) is 41.4 Å². The molecular formula is C30H36ClF3N8. The maximum absolute atomic E-state index is 13.9. The van der Waals surface area contributed by atoms with E-state index in [9.17, 15) is 18.4 Å². The van der Waals surface area contributed by atoms with Crippen molar-refractivity contribution in [1.29, 1.82) is 5.26 Å². The number of hydrazine groups is 2. The maximum atomic E-state index is 13.9. The van der Waals surface area contributed by atoms with Gasteiger partial charge < -0.3 is 16.1 Å². The number of aliphatic imine (C=N–C) groups is 1. The number of pyridine rings is 1. The van der Waals surface area contributed by atoms with Gasteiger partial charge in [0.1, 0.15) is 6.07 Å². The van der Waals surface area contributed by atoms with Crippen LogP contribution in [0.15, 0.2) is 59.1 Å². The van der Waals surface area contributed by atoms with Crippen molar-refractivity contribution in [2.24, 2.45) is 10.4 Å². The topological polar surface area (TPSA) is 100 Å². The number of nitrogens with zero attached hydrogens (tertiary/aromatic N) is 4. The van der Waals surface area contributed by atoms with E-state index in [2.05, 4.69) is 65.0 Å². The first kappa shape index (κ1) is 31.2. The number of alkyl halides is 3. The summed E-state index contributed by atoms with van der Waals surface area (Å²) in [4.78, 5) is 9.00. The molecule has 4 rings (SSSR count). The van der Waals surface area contributed by atoms with E-state index in [1.54, 1.807) is 13.0 Å². The third-order valence-electron chi connectivity index (χ3n) is 7.34. The highest BCUT2D eigenvalue weighted by Crippen LogP contribution is 2.53. The Kier molecular flexibility index (Phi) is 8.54. The molecule has 0 saturated heterocycles. The van der Waals surface area contributed by atoms with E-state index < -0.39 is 17.8 Å². The van der Waals surface area contributed by atoms with E-state index in [1.165, 1.54) is 12.4 Å². The summed E-state index contributed by atoms with van der Waals surface area (Å²) in [6, 6.07) is 5.01. The first-order valence-electron chi connectivity index (χ1n) is 13.6. The second kappa shape index (κ2) is 11.5. The number of benzene rings is 1. The summed E-state index contributed by atoms with van der Waals surface area (Å²) in [5.74, 6) is 0. The van der Waals surface area contributed by atoms with Crippen LogP contribution in [0.5, 0.6) is 0 Å². The van der Waals surface area contributed by atoms with Gasteiger partial charge in [-0.2, -0.15) is 18.4 Å². The van der Waals surface area contributed by atoms with Gasteiger partial charge in [0.2, 0.25) is 0 Å².